The third-order valence-corrected chi connectivity index (χ3v) is 1.51. The average Bonchev–Trinajstić information content (AvgIpc) is 2.52. The van der Waals surface area contributed by atoms with E-state index in [1.807, 2.05) is 0 Å². The molecule has 6 heteroatoms. The van der Waals surface area contributed by atoms with Crippen molar-refractivity contribution >= 4 is 23.5 Å². The maximum absolute atomic E-state index is 10.2. The second kappa shape index (κ2) is 3.77. The molecule has 0 unspecified atom stereocenters. The Labute approximate surface area is 66.9 Å². The normalized spacial score (nSPS) is 11.2. The number of nitrogens with zero attached hydrogens (tertiary/aromatic N) is 3. The lowest BCUT2D eigenvalue weighted by Crippen LogP contribution is -2.01. The molecule has 0 saturated carbocycles. The molecule has 0 aromatic carbocycles. The van der Waals surface area contributed by atoms with Crippen LogP contribution in [0.15, 0.2) is 11.5 Å². The fourth-order valence-corrected chi connectivity index (χ4v) is 0.924. The third-order valence-electron chi connectivity index (χ3n) is 0.843. The lowest BCUT2D eigenvalue weighted by Gasteiger charge is -1.87. The van der Waals surface area contributed by atoms with Gasteiger partial charge in [0.15, 0.2) is 10.7 Å². The van der Waals surface area contributed by atoms with Crippen LogP contribution in [0.25, 0.3) is 0 Å². The predicted molar refractivity (Wildman–Crippen MR) is 39.1 cm³/mol. The van der Waals surface area contributed by atoms with Crippen molar-refractivity contribution in [1.29, 1.82) is 0 Å². The second-order valence-corrected chi connectivity index (χ2v) is 2.25. The van der Waals surface area contributed by atoms with Gasteiger partial charge in [0.1, 0.15) is 13.4 Å². The van der Waals surface area contributed by atoms with Gasteiger partial charge in [0.25, 0.3) is 6.29 Å². The van der Waals surface area contributed by atoms with Gasteiger partial charge in [-0.1, -0.05) is 5.16 Å². The summed E-state index contributed by atoms with van der Waals surface area (Å²) in [5, 5.41) is 3.79. The van der Waals surface area contributed by atoms with Crippen molar-refractivity contribution in [2.75, 3.05) is 7.11 Å². The van der Waals surface area contributed by atoms with Crippen LogP contribution in [0.2, 0.25) is 0 Å². The molecular weight excluding hydrogens is 166 g/mol. The van der Waals surface area contributed by atoms with Gasteiger partial charge >= 0.3 is 0 Å². The van der Waals surface area contributed by atoms with Crippen LogP contribution < -0.4 is 0 Å². The molecule has 0 aliphatic heterocycles. The Morgan fingerprint density at radius 2 is 2.73 bits per heavy atom. The molecule has 57 valence electrons. The predicted octanol–water partition coefficient (Wildman–Crippen LogP) is -0.00170. The minimum atomic E-state index is 0.0370. The summed E-state index contributed by atoms with van der Waals surface area (Å²) in [4.78, 5) is 18.3. The number of hydrogen-bond donors (Lipinski definition) is 0. The first-order chi connectivity index (χ1) is 5.38. The van der Waals surface area contributed by atoms with Crippen molar-refractivity contribution in [1.82, 2.24) is 9.36 Å². The van der Waals surface area contributed by atoms with Crippen molar-refractivity contribution in [2.45, 2.75) is 0 Å². The molecule has 0 aliphatic carbocycles. The van der Waals surface area contributed by atoms with Crippen LogP contribution in [-0.2, 0) is 9.63 Å². The first-order valence-corrected chi connectivity index (χ1v) is 3.42. The van der Waals surface area contributed by atoms with Gasteiger partial charge in [-0.25, -0.2) is 4.98 Å². The first kappa shape index (κ1) is 7.80. The molecule has 0 aliphatic rings. The van der Waals surface area contributed by atoms with Crippen molar-refractivity contribution in [3.63, 3.8) is 0 Å². The molecular formula is C5H4N3O2S. The third kappa shape index (κ3) is 1.81. The van der Waals surface area contributed by atoms with E-state index in [4.69, 9.17) is 0 Å². The van der Waals surface area contributed by atoms with Crippen molar-refractivity contribution < 1.29 is 9.63 Å². The Morgan fingerprint density at radius 3 is 3.18 bits per heavy atom. The highest BCUT2D eigenvalue weighted by molar-refractivity contribution is 7.08. The molecule has 1 rings (SSSR count). The van der Waals surface area contributed by atoms with Gasteiger partial charge in [-0.15, -0.1) is 0 Å². The summed E-state index contributed by atoms with van der Waals surface area (Å²) in [6.45, 7) is 0. The number of hydrogen-bond acceptors (Lipinski definition) is 6. The highest BCUT2D eigenvalue weighted by Crippen LogP contribution is 2.00. The zero-order valence-corrected chi connectivity index (χ0v) is 6.46. The minimum absolute atomic E-state index is 0.0370. The van der Waals surface area contributed by atoms with Gasteiger partial charge in [0.2, 0.25) is 0 Å². The summed E-state index contributed by atoms with van der Waals surface area (Å²) in [5.41, 5.74) is 0.0370. The molecule has 0 spiro atoms. The van der Waals surface area contributed by atoms with E-state index in [2.05, 4.69) is 19.4 Å². The van der Waals surface area contributed by atoms with Gasteiger partial charge in [-0.2, -0.15) is 4.37 Å². The number of rotatable bonds is 3. The summed E-state index contributed by atoms with van der Waals surface area (Å²) in [7, 11) is 1.35. The van der Waals surface area contributed by atoms with Gasteiger partial charge < -0.3 is 4.84 Å². The summed E-state index contributed by atoms with van der Waals surface area (Å²) in [6, 6.07) is 0. The van der Waals surface area contributed by atoms with E-state index in [1.165, 1.54) is 13.4 Å². The van der Waals surface area contributed by atoms with Crippen LogP contribution in [0, 0.1) is 0 Å². The van der Waals surface area contributed by atoms with Crippen LogP contribution in [0.5, 0.6) is 0 Å². The molecule has 0 saturated heterocycles. The number of aromatic nitrogens is 2. The van der Waals surface area contributed by atoms with Gasteiger partial charge in [0.05, 0.1) is 0 Å². The molecule has 1 aromatic rings. The van der Waals surface area contributed by atoms with E-state index in [1.54, 1.807) is 6.29 Å². The molecule has 0 fully saturated rings. The van der Waals surface area contributed by atoms with E-state index in [0.717, 1.165) is 11.5 Å². The maximum Gasteiger partial charge on any atom is 0.260 e. The SMILES string of the molecule is CO/N=C(\[C]=O)c1ncns1. The van der Waals surface area contributed by atoms with Gasteiger partial charge in [-0.3, -0.25) is 4.79 Å². The lowest BCUT2D eigenvalue weighted by molar-refractivity contribution is 0.214. The fourth-order valence-electron chi connectivity index (χ4n) is 0.470. The standard InChI is InChI=1S/C5H4N3O2S/c1-10-8-4(2-9)5-6-3-7-11-5/h3H,1H3/b8-4+. The number of oxime groups is 1. The highest BCUT2D eigenvalue weighted by atomic mass is 32.1. The van der Waals surface area contributed by atoms with Crippen molar-refractivity contribution in [3.8, 4) is 0 Å². The summed E-state index contributed by atoms with van der Waals surface area (Å²) >= 11 is 1.06. The smallest absolute Gasteiger partial charge is 0.260 e. The average molecular weight is 170 g/mol. The maximum atomic E-state index is 10.2. The summed E-state index contributed by atoms with van der Waals surface area (Å²) in [5.74, 6) is 0. The van der Waals surface area contributed by atoms with E-state index in [-0.39, 0.29) is 5.71 Å². The Hall–Kier alpha value is -1.30. The Balaban J connectivity index is 2.88. The van der Waals surface area contributed by atoms with E-state index >= 15 is 0 Å². The highest BCUT2D eigenvalue weighted by Gasteiger charge is 2.06. The largest absolute Gasteiger partial charge is 0.398 e. The monoisotopic (exact) mass is 170 g/mol. The second-order valence-electron chi connectivity index (χ2n) is 1.47. The van der Waals surface area contributed by atoms with Crippen LogP contribution in [0.1, 0.15) is 5.01 Å². The molecule has 0 atom stereocenters. The quantitative estimate of drug-likeness (QED) is 0.473. The van der Waals surface area contributed by atoms with Crippen LogP contribution in [0.3, 0.4) is 0 Å². The van der Waals surface area contributed by atoms with E-state index < -0.39 is 0 Å². The topological polar surface area (TPSA) is 64.4 Å². The molecule has 5 nitrogen and oxygen atoms in total. The molecule has 0 bridgehead atoms. The first-order valence-electron chi connectivity index (χ1n) is 2.65. The zero-order valence-electron chi connectivity index (χ0n) is 5.64. The molecule has 0 amide bonds. The van der Waals surface area contributed by atoms with Crippen LogP contribution in [0.4, 0.5) is 0 Å². The molecule has 1 aromatic heterocycles. The van der Waals surface area contributed by atoms with Crippen molar-refractivity contribution in [2.24, 2.45) is 5.16 Å². The van der Waals surface area contributed by atoms with Gasteiger partial charge in [0, 0.05) is 0 Å². The number of carbonyl (C=O) groups excluding carboxylic acids is 1. The molecule has 1 heterocycles. The van der Waals surface area contributed by atoms with Crippen LogP contribution in [-0.4, -0.2) is 28.5 Å². The molecule has 11 heavy (non-hydrogen) atoms. The minimum Gasteiger partial charge on any atom is -0.398 e. The Morgan fingerprint density at radius 1 is 1.91 bits per heavy atom. The van der Waals surface area contributed by atoms with E-state index in [9.17, 15) is 4.79 Å². The fraction of sp³-hybridized carbons (Fsp3) is 0.200. The van der Waals surface area contributed by atoms with Gasteiger partial charge in [-0.05, 0) is 11.5 Å². The summed E-state index contributed by atoms with van der Waals surface area (Å²) < 4.78 is 3.69. The lowest BCUT2D eigenvalue weighted by atomic mass is 10.4. The zero-order chi connectivity index (χ0) is 8.10. The molecule has 0 N–H and O–H groups in total. The van der Waals surface area contributed by atoms with Crippen molar-refractivity contribution in [3.05, 3.63) is 11.3 Å². The van der Waals surface area contributed by atoms with Crippen LogP contribution >= 0.6 is 11.5 Å². The summed E-state index contributed by atoms with van der Waals surface area (Å²) in [6.07, 6.45) is 2.92. The van der Waals surface area contributed by atoms with E-state index in [0.29, 0.717) is 5.01 Å². The molecule has 1 radical (unpaired) electrons. The Bertz CT molecular complexity index is 257. The Kier molecular flexibility index (Phi) is 2.67.